The van der Waals surface area contributed by atoms with Crippen molar-refractivity contribution in [2.45, 2.75) is 70.6 Å². The molecule has 0 heterocycles. The van der Waals surface area contributed by atoms with Gasteiger partial charge >= 0.3 is 0 Å². The van der Waals surface area contributed by atoms with Gasteiger partial charge in [-0.25, -0.2) is 0 Å². The lowest BCUT2D eigenvalue weighted by atomic mass is 9.82. The van der Waals surface area contributed by atoms with Crippen LogP contribution in [0.1, 0.15) is 51.9 Å². The third-order valence-electron chi connectivity index (χ3n) is 4.07. The molecule has 5 nitrogen and oxygen atoms in total. The van der Waals surface area contributed by atoms with Gasteiger partial charge in [0.25, 0.3) is 0 Å². The summed E-state index contributed by atoms with van der Waals surface area (Å²) < 4.78 is 5.22. The van der Waals surface area contributed by atoms with E-state index in [0.717, 1.165) is 32.1 Å². The third kappa shape index (κ3) is 6.79. The van der Waals surface area contributed by atoms with Crippen LogP contribution in [0.25, 0.3) is 0 Å². The number of aliphatic hydroxyl groups is 3. The lowest BCUT2D eigenvalue weighted by molar-refractivity contribution is -0.229. The highest BCUT2D eigenvalue weighted by molar-refractivity contribution is 5.22. The molecular weight excluding hydrogens is 258 g/mol. The van der Waals surface area contributed by atoms with E-state index in [4.69, 9.17) is 4.74 Å². The molecule has 3 unspecified atom stereocenters. The van der Waals surface area contributed by atoms with E-state index in [9.17, 15) is 15.3 Å². The van der Waals surface area contributed by atoms with E-state index in [1.165, 1.54) is 0 Å². The first-order chi connectivity index (χ1) is 9.52. The SMILES string of the molecule is C=NCCCC(O)OC(O)C(C)CC1CCC(O)CC1. The van der Waals surface area contributed by atoms with Crippen molar-refractivity contribution in [3.05, 3.63) is 0 Å². The number of hydrogen-bond donors (Lipinski definition) is 3. The summed E-state index contributed by atoms with van der Waals surface area (Å²) in [6.45, 7) is 5.91. The predicted molar refractivity (Wildman–Crippen MR) is 78.5 cm³/mol. The number of nitrogens with zero attached hydrogens (tertiary/aromatic N) is 1. The standard InChI is InChI=1S/C15H29NO4/c1-11(10-12-5-7-13(17)8-6-12)15(19)20-14(18)4-3-9-16-2/h11-15,17-19H,2-10H2,1H3. The quantitative estimate of drug-likeness (QED) is 0.342. The topological polar surface area (TPSA) is 82.3 Å². The number of hydrogen-bond acceptors (Lipinski definition) is 5. The molecule has 1 fully saturated rings. The summed E-state index contributed by atoms with van der Waals surface area (Å²) in [6.07, 6.45) is 3.72. The van der Waals surface area contributed by atoms with Gasteiger partial charge in [0.05, 0.1) is 6.10 Å². The molecule has 0 saturated heterocycles. The molecule has 1 aliphatic carbocycles. The molecule has 3 atom stereocenters. The van der Waals surface area contributed by atoms with Crippen LogP contribution in [0.3, 0.4) is 0 Å². The molecule has 0 aromatic carbocycles. The Morgan fingerprint density at radius 2 is 1.90 bits per heavy atom. The molecule has 1 aliphatic rings. The van der Waals surface area contributed by atoms with Gasteiger partial charge in [-0.3, -0.25) is 0 Å². The minimum Gasteiger partial charge on any atom is -0.393 e. The van der Waals surface area contributed by atoms with Crippen molar-refractivity contribution in [3.63, 3.8) is 0 Å². The molecule has 118 valence electrons. The van der Waals surface area contributed by atoms with Gasteiger partial charge in [0.2, 0.25) is 0 Å². The first kappa shape index (κ1) is 17.6. The number of rotatable bonds is 9. The van der Waals surface area contributed by atoms with E-state index in [2.05, 4.69) is 11.7 Å². The number of aliphatic imine (C=N–C) groups is 1. The summed E-state index contributed by atoms with van der Waals surface area (Å²) in [5.74, 6) is 0.524. The summed E-state index contributed by atoms with van der Waals surface area (Å²) in [5, 5.41) is 29.1. The van der Waals surface area contributed by atoms with Crippen molar-refractivity contribution in [1.29, 1.82) is 0 Å². The fourth-order valence-electron chi connectivity index (χ4n) is 2.76. The van der Waals surface area contributed by atoms with Crippen LogP contribution in [0.5, 0.6) is 0 Å². The molecule has 0 radical (unpaired) electrons. The molecule has 0 aliphatic heterocycles. The highest BCUT2D eigenvalue weighted by Crippen LogP contribution is 2.30. The molecule has 3 N–H and O–H groups in total. The highest BCUT2D eigenvalue weighted by atomic mass is 16.7. The van der Waals surface area contributed by atoms with Crippen LogP contribution in [0, 0.1) is 11.8 Å². The fraction of sp³-hybridized carbons (Fsp3) is 0.933. The Bertz CT molecular complexity index is 267. The van der Waals surface area contributed by atoms with Crippen molar-refractivity contribution in [3.8, 4) is 0 Å². The Balaban J connectivity index is 2.20. The van der Waals surface area contributed by atoms with Gasteiger partial charge in [0.1, 0.15) is 0 Å². The number of ether oxygens (including phenoxy) is 1. The Morgan fingerprint density at radius 3 is 2.50 bits per heavy atom. The minimum absolute atomic E-state index is 0.0116. The molecule has 1 rings (SSSR count). The Kier molecular flexibility index (Phi) is 8.30. The van der Waals surface area contributed by atoms with Gasteiger partial charge in [-0.2, -0.15) is 0 Å². The van der Waals surface area contributed by atoms with Gasteiger partial charge in [0, 0.05) is 18.9 Å². The molecule has 0 spiro atoms. The number of aliphatic hydroxyl groups excluding tert-OH is 3. The molecule has 20 heavy (non-hydrogen) atoms. The highest BCUT2D eigenvalue weighted by Gasteiger charge is 2.25. The van der Waals surface area contributed by atoms with E-state index in [1.807, 2.05) is 6.92 Å². The Hall–Kier alpha value is -0.490. The Labute approximate surface area is 121 Å². The van der Waals surface area contributed by atoms with Crippen LogP contribution in [-0.4, -0.2) is 47.3 Å². The van der Waals surface area contributed by atoms with Gasteiger partial charge in [-0.15, -0.1) is 0 Å². The van der Waals surface area contributed by atoms with Gasteiger partial charge in [0.15, 0.2) is 12.6 Å². The van der Waals surface area contributed by atoms with E-state index in [-0.39, 0.29) is 12.0 Å². The zero-order valence-electron chi connectivity index (χ0n) is 12.4. The second-order valence-electron chi connectivity index (χ2n) is 5.96. The molecule has 0 aromatic heterocycles. The summed E-state index contributed by atoms with van der Waals surface area (Å²) in [4.78, 5) is 3.71. The molecule has 0 amide bonds. The van der Waals surface area contributed by atoms with Crippen LogP contribution >= 0.6 is 0 Å². The average molecular weight is 287 g/mol. The van der Waals surface area contributed by atoms with Crippen molar-refractivity contribution < 1.29 is 20.1 Å². The average Bonchev–Trinajstić information content (AvgIpc) is 2.41. The van der Waals surface area contributed by atoms with Gasteiger partial charge in [-0.05, 0) is 51.2 Å². The molecule has 0 bridgehead atoms. The fourth-order valence-corrected chi connectivity index (χ4v) is 2.76. The molecule has 5 heteroatoms. The van der Waals surface area contributed by atoms with Gasteiger partial charge < -0.3 is 25.0 Å². The predicted octanol–water partition coefficient (Wildman–Crippen LogP) is 1.70. The lowest BCUT2D eigenvalue weighted by Crippen LogP contribution is -2.30. The normalized spacial score (nSPS) is 27.8. The molecule has 1 saturated carbocycles. The largest absolute Gasteiger partial charge is 0.393 e. The summed E-state index contributed by atoms with van der Waals surface area (Å²) in [6, 6.07) is 0. The van der Waals surface area contributed by atoms with Crippen molar-refractivity contribution >= 4 is 6.72 Å². The van der Waals surface area contributed by atoms with Crippen LogP contribution in [0.4, 0.5) is 0 Å². The second kappa shape index (κ2) is 9.45. The maximum absolute atomic E-state index is 9.96. The van der Waals surface area contributed by atoms with E-state index < -0.39 is 12.6 Å². The monoisotopic (exact) mass is 287 g/mol. The maximum atomic E-state index is 9.96. The van der Waals surface area contributed by atoms with E-state index >= 15 is 0 Å². The lowest BCUT2D eigenvalue weighted by Gasteiger charge is -2.29. The smallest absolute Gasteiger partial charge is 0.160 e. The zero-order valence-corrected chi connectivity index (χ0v) is 12.4. The summed E-state index contributed by atoms with van der Waals surface area (Å²) in [5.41, 5.74) is 0. The van der Waals surface area contributed by atoms with Gasteiger partial charge in [-0.1, -0.05) is 6.92 Å². The third-order valence-corrected chi connectivity index (χ3v) is 4.07. The van der Waals surface area contributed by atoms with Crippen LogP contribution in [0.15, 0.2) is 4.99 Å². The van der Waals surface area contributed by atoms with E-state index in [1.54, 1.807) is 0 Å². The van der Waals surface area contributed by atoms with Crippen molar-refractivity contribution in [2.75, 3.05) is 6.54 Å². The first-order valence-corrected chi connectivity index (χ1v) is 7.65. The van der Waals surface area contributed by atoms with Crippen LogP contribution in [-0.2, 0) is 4.74 Å². The molecule has 0 aromatic rings. The Morgan fingerprint density at radius 1 is 1.25 bits per heavy atom. The second-order valence-corrected chi connectivity index (χ2v) is 5.96. The first-order valence-electron chi connectivity index (χ1n) is 7.65. The molecular formula is C15H29NO4. The van der Waals surface area contributed by atoms with Crippen molar-refractivity contribution in [2.24, 2.45) is 16.8 Å². The van der Waals surface area contributed by atoms with Crippen LogP contribution < -0.4 is 0 Å². The van der Waals surface area contributed by atoms with E-state index in [0.29, 0.717) is 25.3 Å². The summed E-state index contributed by atoms with van der Waals surface area (Å²) >= 11 is 0. The van der Waals surface area contributed by atoms with Crippen LogP contribution in [0.2, 0.25) is 0 Å². The minimum atomic E-state index is -0.942. The summed E-state index contributed by atoms with van der Waals surface area (Å²) in [7, 11) is 0. The van der Waals surface area contributed by atoms with Crippen molar-refractivity contribution in [1.82, 2.24) is 0 Å². The maximum Gasteiger partial charge on any atom is 0.160 e. The zero-order chi connectivity index (χ0) is 15.0.